The summed E-state index contributed by atoms with van der Waals surface area (Å²) in [6.45, 7) is 0. The van der Waals surface area contributed by atoms with Crippen molar-refractivity contribution < 1.29 is 4.39 Å². The lowest BCUT2D eigenvalue weighted by atomic mass is 10.2. The van der Waals surface area contributed by atoms with Gasteiger partial charge < -0.3 is 0 Å². The predicted octanol–water partition coefficient (Wildman–Crippen LogP) is 3.91. The maximum absolute atomic E-state index is 14.1. The maximum Gasteiger partial charge on any atom is 0.235 e. The number of aromatic amines is 1. The summed E-state index contributed by atoms with van der Waals surface area (Å²) >= 11 is 7.97. The van der Waals surface area contributed by atoms with Crippen LogP contribution in [0.2, 0.25) is 0 Å². The summed E-state index contributed by atoms with van der Waals surface area (Å²) in [5.41, 5.74) is 1.09. The zero-order valence-corrected chi connectivity index (χ0v) is 14.6. The van der Waals surface area contributed by atoms with Crippen molar-refractivity contribution in [3.8, 4) is 22.1 Å². The molecule has 0 aliphatic carbocycles. The van der Waals surface area contributed by atoms with Gasteiger partial charge in [-0.05, 0) is 34.1 Å². The molecule has 0 saturated heterocycles. The molecule has 0 spiro atoms. The first-order valence-corrected chi connectivity index (χ1v) is 8.40. The highest BCUT2D eigenvalue weighted by atomic mass is 79.9. The number of hydrogen-bond acceptors (Lipinski definition) is 5. The molecular formula is C12H5Br2FN6S. The molecule has 0 amide bonds. The molecule has 3 heterocycles. The van der Waals surface area contributed by atoms with Crippen molar-refractivity contribution >= 4 is 48.2 Å². The highest BCUT2D eigenvalue weighted by Gasteiger charge is 2.18. The molecule has 1 aromatic carbocycles. The Morgan fingerprint density at radius 1 is 1.23 bits per heavy atom. The first-order valence-electron chi connectivity index (χ1n) is 6.00. The summed E-state index contributed by atoms with van der Waals surface area (Å²) in [6, 6.07) is 4.77. The molecule has 0 atom stereocenters. The molecular weight excluding hydrogens is 439 g/mol. The van der Waals surface area contributed by atoms with Gasteiger partial charge in [-0.2, -0.15) is 14.7 Å². The van der Waals surface area contributed by atoms with Crippen LogP contribution in [0.5, 0.6) is 0 Å². The topological polar surface area (TPSA) is 71.8 Å². The van der Waals surface area contributed by atoms with Crippen molar-refractivity contribution in [1.29, 1.82) is 0 Å². The number of fused-ring (bicyclic) bond motifs is 1. The SMILES string of the molecule is Fc1cc(Br)ccc1-c1nnc2sc(-c3[nH]ncc3Br)nn12. The van der Waals surface area contributed by atoms with Crippen LogP contribution in [0.3, 0.4) is 0 Å². The second-order valence-electron chi connectivity index (χ2n) is 4.34. The minimum absolute atomic E-state index is 0.344. The Morgan fingerprint density at radius 3 is 2.82 bits per heavy atom. The molecule has 22 heavy (non-hydrogen) atoms. The standard InChI is InChI=1S/C12H5Br2FN6S/c13-5-1-2-6(8(15)3-5)10-18-19-12-21(10)20-11(22-12)9-7(14)4-16-17-9/h1-4H,(H,16,17). The smallest absolute Gasteiger partial charge is 0.235 e. The Labute approximate surface area is 143 Å². The number of H-pyrrole nitrogens is 1. The molecule has 6 nitrogen and oxygen atoms in total. The third kappa shape index (κ3) is 2.18. The van der Waals surface area contributed by atoms with Crippen LogP contribution in [0, 0.1) is 5.82 Å². The average Bonchev–Trinajstić information content (AvgIpc) is 3.14. The van der Waals surface area contributed by atoms with Gasteiger partial charge in [-0.1, -0.05) is 27.3 Å². The highest BCUT2D eigenvalue weighted by molar-refractivity contribution is 9.10. The number of hydrogen-bond donors (Lipinski definition) is 1. The number of rotatable bonds is 2. The molecule has 0 radical (unpaired) electrons. The van der Waals surface area contributed by atoms with Gasteiger partial charge in [0.15, 0.2) is 10.8 Å². The van der Waals surface area contributed by atoms with Crippen molar-refractivity contribution in [2.24, 2.45) is 0 Å². The van der Waals surface area contributed by atoms with E-state index in [0.717, 1.165) is 10.2 Å². The highest BCUT2D eigenvalue weighted by Crippen LogP contribution is 2.31. The second kappa shape index (κ2) is 5.21. The van der Waals surface area contributed by atoms with Gasteiger partial charge in [0.1, 0.15) is 11.5 Å². The van der Waals surface area contributed by atoms with Gasteiger partial charge in [-0.3, -0.25) is 5.10 Å². The minimum atomic E-state index is -0.388. The van der Waals surface area contributed by atoms with Crippen LogP contribution in [0.1, 0.15) is 0 Å². The lowest BCUT2D eigenvalue weighted by Crippen LogP contribution is -1.94. The minimum Gasteiger partial charge on any atom is -0.274 e. The monoisotopic (exact) mass is 442 g/mol. The summed E-state index contributed by atoms with van der Waals surface area (Å²) in [7, 11) is 0. The van der Waals surface area contributed by atoms with E-state index in [-0.39, 0.29) is 5.82 Å². The Kier molecular flexibility index (Phi) is 3.31. The number of halogens is 3. The van der Waals surface area contributed by atoms with Crippen molar-refractivity contribution in [1.82, 2.24) is 30.0 Å². The second-order valence-corrected chi connectivity index (χ2v) is 7.07. The summed E-state index contributed by atoms with van der Waals surface area (Å²) in [4.78, 5) is 0.578. The van der Waals surface area contributed by atoms with E-state index >= 15 is 0 Å². The number of aromatic nitrogens is 6. The summed E-state index contributed by atoms with van der Waals surface area (Å²) < 4.78 is 17.1. The Balaban J connectivity index is 1.89. The fourth-order valence-electron chi connectivity index (χ4n) is 1.98. The summed E-state index contributed by atoms with van der Waals surface area (Å²) in [6.07, 6.45) is 1.65. The fraction of sp³-hybridized carbons (Fsp3) is 0. The quantitative estimate of drug-likeness (QED) is 0.509. The molecule has 4 rings (SSSR count). The van der Waals surface area contributed by atoms with Crippen LogP contribution >= 0.6 is 43.2 Å². The van der Waals surface area contributed by atoms with Gasteiger partial charge in [0.25, 0.3) is 0 Å². The van der Waals surface area contributed by atoms with Gasteiger partial charge in [0, 0.05) is 4.47 Å². The Hall–Kier alpha value is -1.65. The van der Waals surface area contributed by atoms with Crippen LogP contribution < -0.4 is 0 Å². The van der Waals surface area contributed by atoms with E-state index in [1.165, 1.54) is 21.9 Å². The first-order chi connectivity index (χ1) is 10.6. The molecule has 110 valence electrons. The molecule has 0 aliphatic rings. The summed E-state index contributed by atoms with van der Waals surface area (Å²) in [5, 5.41) is 20.0. The third-order valence-electron chi connectivity index (χ3n) is 2.97. The number of benzene rings is 1. The van der Waals surface area contributed by atoms with Crippen molar-refractivity contribution in [2.45, 2.75) is 0 Å². The summed E-state index contributed by atoms with van der Waals surface area (Å²) in [5.74, 6) is -0.0286. The van der Waals surface area contributed by atoms with E-state index in [9.17, 15) is 4.39 Å². The van der Waals surface area contributed by atoms with E-state index in [0.29, 0.717) is 25.8 Å². The molecule has 1 N–H and O–H groups in total. The Morgan fingerprint density at radius 2 is 2.09 bits per heavy atom. The van der Waals surface area contributed by atoms with Gasteiger partial charge in [-0.25, -0.2) is 4.39 Å². The van der Waals surface area contributed by atoms with Crippen LogP contribution in [-0.2, 0) is 0 Å². The zero-order valence-electron chi connectivity index (χ0n) is 10.6. The van der Waals surface area contributed by atoms with Gasteiger partial charge in [0.05, 0.1) is 16.2 Å². The first kappa shape index (κ1) is 14.0. The van der Waals surface area contributed by atoms with Gasteiger partial charge >= 0.3 is 0 Å². The third-order valence-corrected chi connectivity index (χ3v) is 4.98. The van der Waals surface area contributed by atoms with E-state index in [1.807, 2.05) is 0 Å². The van der Waals surface area contributed by atoms with E-state index in [2.05, 4.69) is 57.4 Å². The predicted molar refractivity (Wildman–Crippen MR) is 87.0 cm³/mol. The van der Waals surface area contributed by atoms with E-state index in [1.54, 1.807) is 18.3 Å². The van der Waals surface area contributed by atoms with Gasteiger partial charge in [0.2, 0.25) is 4.96 Å². The maximum atomic E-state index is 14.1. The molecule has 0 saturated carbocycles. The normalized spacial score (nSPS) is 11.4. The van der Waals surface area contributed by atoms with Crippen LogP contribution in [0.15, 0.2) is 33.3 Å². The van der Waals surface area contributed by atoms with Gasteiger partial charge in [-0.15, -0.1) is 10.2 Å². The van der Waals surface area contributed by atoms with Crippen LogP contribution in [-0.4, -0.2) is 30.0 Å². The largest absolute Gasteiger partial charge is 0.274 e. The molecule has 0 unspecified atom stereocenters. The van der Waals surface area contributed by atoms with Crippen molar-refractivity contribution in [2.75, 3.05) is 0 Å². The van der Waals surface area contributed by atoms with E-state index < -0.39 is 0 Å². The Bertz CT molecular complexity index is 991. The molecule has 0 bridgehead atoms. The fourth-order valence-corrected chi connectivity index (χ4v) is 3.67. The molecule has 10 heteroatoms. The molecule has 0 fully saturated rings. The lowest BCUT2D eigenvalue weighted by Gasteiger charge is -2.00. The average molecular weight is 444 g/mol. The van der Waals surface area contributed by atoms with Crippen LogP contribution in [0.4, 0.5) is 4.39 Å². The zero-order chi connectivity index (χ0) is 15.3. The van der Waals surface area contributed by atoms with Crippen molar-refractivity contribution in [3.63, 3.8) is 0 Å². The molecule has 0 aliphatic heterocycles. The molecule has 4 aromatic rings. The van der Waals surface area contributed by atoms with E-state index in [4.69, 9.17) is 0 Å². The van der Waals surface area contributed by atoms with Crippen LogP contribution in [0.25, 0.3) is 27.1 Å². The lowest BCUT2D eigenvalue weighted by molar-refractivity contribution is 0.628. The number of nitrogens with zero attached hydrogens (tertiary/aromatic N) is 5. The molecule has 3 aromatic heterocycles. The van der Waals surface area contributed by atoms with Crippen molar-refractivity contribution in [3.05, 3.63) is 39.2 Å². The number of nitrogens with one attached hydrogen (secondary N) is 1.